The molecule has 0 aliphatic heterocycles. The third-order valence-corrected chi connectivity index (χ3v) is 2.33. The second-order valence-corrected chi connectivity index (χ2v) is 4.01. The zero-order chi connectivity index (χ0) is 13.5. The fourth-order valence-corrected chi connectivity index (χ4v) is 1.36. The third-order valence-electron chi connectivity index (χ3n) is 2.33. The smallest absolute Gasteiger partial charge is 0.347 e. The molecule has 1 aromatic rings. The van der Waals surface area contributed by atoms with Gasteiger partial charge in [-0.1, -0.05) is 19.1 Å². The lowest BCUT2D eigenvalue weighted by Crippen LogP contribution is -2.26. The number of Topliss-reactive ketones (excluding diaryl/α,β-unsaturated/α-hetero) is 1. The summed E-state index contributed by atoms with van der Waals surface area (Å²) in [6, 6.07) is 6.74. The lowest BCUT2D eigenvalue weighted by atomic mass is 10.1. The average molecular weight is 250 g/mol. The van der Waals surface area contributed by atoms with Crippen LogP contribution in [0.15, 0.2) is 24.3 Å². The van der Waals surface area contributed by atoms with Crippen LogP contribution < -0.4 is 4.74 Å². The monoisotopic (exact) mass is 250 g/mol. The van der Waals surface area contributed by atoms with Gasteiger partial charge >= 0.3 is 5.97 Å². The fraction of sp³-hybridized carbons (Fsp3) is 0.429. The Morgan fingerprint density at radius 3 is 2.67 bits per heavy atom. The van der Waals surface area contributed by atoms with Gasteiger partial charge in [-0.15, -0.1) is 0 Å². The van der Waals surface area contributed by atoms with Gasteiger partial charge in [0.25, 0.3) is 0 Å². The van der Waals surface area contributed by atoms with Crippen molar-refractivity contribution < 1.29 is 19.1 Å². The van der Waals surface area contributed by atoms with Gasteiger partial charge in [-0.2, -0.15) is 0 Å². The fourth-order valence-electron chi connectivity index (χ4n) is 1.36. The van der Waals surface area contributed by atoms with Gasteiger partial charge in [0.15, 0.2) is 11.9 Å². The molecule has 0 N–H and O–H groups in total. The molecule has 1 atom stereocenters. The van der Waals surface area contributed by atoms with Crippen LogP contribution in [-0.2, 0) is 9.53 Å². The van der Waals surface area contributed by atoms with Crippen molar-refractivity contribution in [3.05, 3.63) is 29.8 Å². The minimum atomic E-state index is -0.682. The lowest BCUT2D eigenvalue weighted by Gasteiger charge is -2.14. The Hall–Kier alpha value is -1.84. The molecule has 0 saturated heterocycles. The Morgan fingerprint density at radius 2 is 2.06 bits per heavy atom. The number of hydrogen-bond acceptors (Lipinski definition) is 4. The number of ketones is 1. The molecule has 4 nitrogen and oxygen atoms in total. The molecular formula is C14H18O4. The van der Waals surface area contributed by atoms with Crippen LogP contribution in [0.2, 0.25) is 0 Å². The lowest BCUT2D eigenvalue weighted by molar-refractivity contribution is -0.151. The summed E-state index contributed by atoms with van der Waals surface area (Å²) >= 11 is 0. The van der Waals surface area contributed by atoms with Gasteiger partial charge in [-0.25, -0.2) is 4.79 Å². The number of carbonyl (C=O) groups excluding carboxylic acids is 2. The van der Waals surface area contributed by atoms with Crippen LogP contribution in [0.25, 0.3) is 0 Å². The molecule has 0 spiro atoms. The molecule has 0 saturated carbocycles. The minimum Gasteiger partial charge on any atom is -0.479 e. The summed E-state index contributed by atoms with van der Waals surface area (Å²) in [6.45, 7) is 5.42. The Balaban J connectivity index is 2.63. The number of ether oxygens (including phenoxy) is 2. The molecule has 0 aliphatic carbocycles. The molecule has 0 aromatic heterocycles. The van der Waals surface area contributed by atoms with Crippen LogP contribution in [0.3, 0.4) is 0 Å². The van der Waals surface area contributed by atoms with E-state index in [0.717, 1.165) is 6.42 Å². The molecule has 0 aliphatic rings. The summed E-state index contributed by atoms with van der Waals surface area (Å²) < 4.78 is 10.4. The number of hydrogen-bond donors (Lipinski definition) is 0. The topological polar surface area (TPSA) is 52.6 Å². The Morgan fingerprint density at radius 1 is 1.33 bits per heavy atom. The molecule has 1 rings (SSSR count). The summed E-state index contributed by atoms with van der Waals surface area (Å²) in [6.07, 6.45) is 0.0944. The standard InChI is InChI=1S/C14H18O4/c1-4-8-17-14(16)11(3)18-13-7-5-6-12(9-13)10(2)15/h5-7,9,11H,4,8H2,1-3H3. The summed E-state index contributed by atoms with van der Waals surface area (Å²) in [5.74, 6) is 0.0513. The highest BCUT2D eigenvalue weighted by Crippen LogP contribution is 2.15. The van der Waals surface area contributed by atoms with Crippen LogP contribution in [0, 0.1) is 0 Å². The second-order valence-electron chi connectivity index (χ2n) is 4.01. The first-order valence-corrected chi connectivity index (χ1v) is 5.99. The normalized spacial score (nSPS) is 11.7. The minimum absolute atomic E-state index is 0.0401. The summed E-state index contributed by atoms with van der Waals surface area (Å²) in [7, 11) is 0. The van der Waals surface area contributed by atoms with Gasteiger partial charge < -0.3 is 9.47 Å². The molecule has 1 unspecified atom stereocenters. The SMILES string of the molecule is CCCOC(=O)C(C)Oc1cccc(C(C)=O)c1. The Labute approximate surface area is 107 Å². The third kappa shape index (κ3) is 4.20. The molecule has 0 amide bonds. The maximum Gasteiger partial charge on any atom is 0.347 e. The van der Waals surface area contributed by atoms with Crippen LogP contribution in [0.1, 0.15) is 37.6 Å². The van der Waals surface area contributed by atoms with E-state index in [-0.39, 0.29) is 5.78 Å². The van der Waals surface area contributed by atoms with Crippen molar-refractivity contribution in [3.8, 4) is 5.75 Å². The number of carbonyl (C=O) groups is 2. The van der Waals surface area contributed by atoms with Crippen molar-refractivity contribution in [1.29, 1.82) is 0 Å². The van der Waals surface area contributed by atoms with E-state index in [4.69, 9.17) is 9.47 Å². The van der Waals surface area contributed by atoms with Crippen LogP contribution in [0.5, 0.6) is 5.75 Å². The van der Waals surface area contributed by atoms with E-state index in [1.807, 2.05) is 6.92 Å². The number of esters is 1. The molecule has 0 radical (unpaired) electrons. The van der Waals surface area contributed by atoms with Crippen molar-refractivity contribution in [3.63, 3.8) is 0 Å². The van der Waals surface area contributed by atoms with E-state index in [9.17, 15) is 9.59 Å². The highest BCUT2D eigenvalue weighted by molar-refractivity contribution is 5.94. The molecule has 0 fully saturated rings. The molecule has 18 heavy (non-hydrogen) atoms. The van der Waals surface area contributed by atoms with Gasteiger partial charge in [0.2, 0.25) is 0 Å². The molecular weight excluding hydrogens is 232 g/mol. The van der Waals surface area contributed by atoms with E-state index < -0.39 is 12.1 Å². The van der Waals surface area contributed by atoms with Crippen LogP contribution >= 0.6 is 0 Å². The maximum atomic E-state index is 11.5. The van der Waals surface area contributed by atoms with Crippen molar-refractivity contribution in [2.24, 2.45) is 0 Å². The number of benzene rings is 1. The van der Waals surface area contributed by atoms with Gasteiger partial charge in [0.1, 0.15) is 5.75 Å². The summed E-state index contributed by atoms with van der Waals surface area (Å²) in [4.78, 5) is 22.7. The average Bonchev–Trinajstić information content (AvgIpc) is 2.36. The summed E-state index contributed by atoms with van der Waals surface area (Å²) in [5.41, 5.74) is 0.557. The Kier molecular flexibility index (Phi) is 5.36. The van der Waals surface area contributed by atoms with Gasteiger partial charge in [0, 0.05) is 5.56 Å². The quantitative estimate of drug-likeness (QED) is 0.575. The first-order valence-electron chi connectivity index (χ1n) is 5.99. The first kappa shape index (κ1) is 14.2. The van der Waals surface area contributed by atoms with Gasteiger partial charge in [-0.3, -0.25) is 4.79 Å². The largest absolute Gasteiger partial charge is 0.479 e. The van der Waals surface area contributed by atoms with E-state index in [1.165, 1.54) is 6.92 Å². The van der Waals surface area contributed by atoms with Gasteiger partial charge in [-0.05, 0) is 32.4 Å². The number of rotatable bonds is 6. The Bertz CT molecular complexity index is 426. The van der Waals surface area contributed by atoms with Crippen LogP contribution in [-0.4, -0.2) is 24.5 Å². The van der Waals surface area contributed by atoms with Crippen molar-refractivity contribution in [2.75, 3.05) is 6.61 Å². The predicted molar refractivity (Wildman–Crippen MR) is 67.8 cm³/mol. The zero-order valence-corrected chi connectivity index (χ0v) is 10.9. The van der Waals surface area contributed by atoms with E-state index in [2.05, 4.69) is 0 Å². The van der Waals surface area contributed by atoms with Crippen molar-refractivity contribution in [1.82, 2.24) is 0 Å². The first-order chi connectivity index (χ1) is 8.54. The summed E-state index contributed by atoms with van der Waals surface area (Å²) in [5, 5.41) is 0. The molecule has 0 heterocycles. The predicted octanol–water partition coefficient (Wildman–Crippen LogP) is 2.61. The highest BCUT2D eigenvalue weighted by Gasteiger charge is 2.16. The maximum absolute atomic E-state index is 11.5. The molecule has 0 bridgehead atoms. The van der Waals surface area contributed by atoms with Crippen molar-refractivity contribution in [2.45, 2.75) is 33.3 Å². The second kappa shape index (κ2) is 6.79. The highest BCUT2D eigenvalue weighted by atomic mass is 16.6. The molecule has 1 aromatic carbocycles. The van der Waals surface area contributed by atoms with Crippen LogP contribution in [0.4, 0.5) is 0 Å². The van der Waals surface area contributed by atoms with E-state index >= 15 is 0 Å². The van der Waals surface area contributed by atoms with Gasteiger partial charge in [0.05, 0.1) is 6.61 Å². The molecule has 4 heteroatoms. The van der Waals surface area contributed by atoms with Crippen molar-refractivity contribution >= 4 is 11.8 Å². The molecule has 98 valence electrons. The zero-order valence-electron chi connectivity index (χ0n) is 10.9. The van der Waals surface area contributed by atoms with E-state index in [0.29, 0.717) is 17.9 Å². The van der Waals surface area contributed by atoms with E-state index in [1.54, 1.807) is 31.2 Å².